The molecular formula is C37H43N5O5Si. The molecule has 0 bridgehead atoms. The van der Waals surface area contributed by atoms with E-state index in [9.17, 15) is 14.7 Å². The number of hydrogen-bond donors (Lipinski definition) is 1. The van der Waals surface area contributed by atoms with Gasteiger partial charge in [-0.1, -0.05) is 66.8 Å². The summed E-state index contributed by atoms with van der Waals surface area (Å²) < 4.78 is 14.5. The molecule has 4 atom stereocenters. The molecule has 6 rings (SSSR count). The molecule has 1 N–H and O–H groups in total. The minimum absolute atomic E-state index is 0.00467. The van der Waals surface area contributed by atoms with E-state index in [1.807, 2.05) is 66.9 Å². The summed E-state index contributed by atoms with van der Waals surface area (Å²) in [5, 5.41) is 19.1. The number of aliphatic hydroxyl groups excluding tert-OH is 1. The highest BCUT2D eigenvalue weighted by molar-refractivity contribution is 6.91. The highest BCUT2D eigenvalue weighted by Crippen LogP contribution is 2.60. The van der Waals surface area contributed by atoms with E-state index < -0.39 is 13.7 Å². The first-order chi connectivity index (χ1) is 23.2. The molecule has 0 aliphatic carbocycles. The van der Waals surface area contributed by atoms with E-state index in [0.717, 1.165) is 34.8 Å². The molecule has 48 heavy (non-hydrogen) atoms. The fourth-order valence-corrected chi connectivity index (χ4v) is 11.9. The van der Waals surface area contributed by atoms with Gasteiger partial charge in [-0.3, -0.25) is 19.2 Å². The van der Waals surface area contributed by atoms with Crippen molar-refractivity contribution in [2.45, 2.75) is 56.7 Å². The van der Waals surface area contributed by atoms with Gasteiger partial charge in [-0.2, -0.15) is 0 Å². The molecule has 2 aliphatic rings. The van der Waals surface area contributed by atoms with Gasteiger partial charge in [-0.05, 0) is 54.4 Å². The molecule has 1 aromatic heterocycles. The van der Waals surface area contributed by atoms with Gasteiger partial charge in [-0.25, -0.2) is 0 Å². The fourth-order valence-electron chi connectivity index (χ4n) is 7.83. The first-order valence-electron chi connectivity index (χ1n) is 16.4. The van der Waals surface area contributed by atoms with Crippen LogP contribution in [0.5, 0.6) is 5.75 Å². The molecule has 2 amide bonds. The lowest BCUT2D eigenvalue weighted by atomic mass is 9.82. The molecule has 0 saturated carbocycles. The third-order valence-corrected chi connectivity index (χ3v) is 14.5. The van der Waals surface area contributed by atoms with Gasteiger partial charge in [0.05, 0.1) is 32.7 Å². The van der Waals surface area contributed by atoms with Crippen molar-refractivity contribution in [3.63, 3.8) is 0 Å². The fraction of sp³-hybridized carbons (Fsp3) is 0.351. The Morgan fingerprint density at radius 1 is 1.10 bits per heavy atom. The number of fused-ring (bicyclic) bond motifs is 2. The van der Waals surface area contributed by atoms with Gasteiger partial charge in [0.25, 0.3) is 5.91 Å². The summed E-state index contributed by atoms with van der Waals surface area (Å²) in [7, 11) is -0.687. The molecule has 0 radical (unpaired) electrons. The summed E-state index contributed by atoms with van der Waals surface area (Å²) in [5.74, 6) is 0.477. The van der Waals surface area contributed by atoms with E-state index >= 15 is 0 Å². The number of benzene rings is 3. The van der Waals surface area contributed by atoms with Crippen molar-refractivity contribution >= 4 is 42.6 Å². The van der Waals surface area contributed by atoms with Gasteiger partial charge in [-0.15, -0.1) is 11.7 Å². The maximum atomic E-state index is 14.8. The van der Waals surface area contributed by atoms with Crippen LogP contribution < -0.4 is 19.7 Å². The monoisotopic (exact) mass is 665 g/mol. The second-order valence-electron chi connectivity index (χ2n) is 13.1. The number of nitrogens with zero attached hydrogens (tertiary/aromatic N) is 5. The third-order valence-electron chi connectivity index (χ3n) is 10.1. The minimum Gasteiger partial charge on any atom is -0.497 e. The van der Waals surface area contributed by atoms with Gasteiger partial charge in [0.1, 0.15) is 5.75 Å². The zero-order valence-corrected chi connectivity index (χ0v) is 29.0. The SMILES string of the molecule is C=CCN1C(=O)[C@]2(O[C@H](CCn3cc(CCO)nn3)[C@@H]([Si](C)(C)c3ccc(OC)cc3)[C@@H]2C)c2cc(N(C=O)c3ccccc3)ccc21. The molecule has 11 heteroatoms. The molecule has 1 spiro atoms. The number of aromatic nitrogens is 3. The van der Waals surface area contributed by atoms with E-state index in [2.05, 4.69) is 49.0 Å². The number of aliphatic hydroxyl groups is 1. The van der Waals surface area contributed by atoms with Crippen LogP contribution >= 0.6 is 0 Å². The summed E-state index contributed by atoms with van der Waals surface area (Å²) in [6.45, 7) is 11.7. The highest BCUT2D eigenvalue weighted by Gasteiger charge is 2.66. The van der Waals surface area contributed by atoms with Crippen LogP contribution in [0.3, 0.4) is 0 Å². The van der Waals surface area contributed by atoms with Crippen LogP contribution in [-0.4, -0.2) is 66.9 Å². The average Bonchev–Trinajstić information content (AvgIpc) is 3.75. The lowest BCUT2D eigenvalue weighted by Crippen LogP contribution is -2.52. The molecule has 2 aliphatic heterocycles. The first kappa shape index (κ1) is 33.3. The zero-order chi connectivity index (χ0) is 34.1. The summed E-state index contributed by atoms with van der Waals surface area (Å²) in [5.41, 5.74) is 2.41. The third kappa shape index (κ3) is 5.65. The Labute approximate surface area is 282 Å². The van der Waals surface area contributed by atoms with Gasteiger partial charge >= 0.3 is 0 Å². The number of amides is 2. The largest absolute Gasteiger partial charge is 0.497 e. The number of ether oxygens (including phenoxy) is 2. The zero-order valence-electron chi connectivity index (χ0n) is 28.0. The average molecular weight is 666 g/mol. The lowest BCUT2D eigenvalue weighted by Gasteiger charge is -2.37. The molecule has 4 aromatic rings. The van der Waals surface area contributed by atoms with E-state index in [1.165, 1.54) is 5.19 Å². The predicted molar refractivity (Wildman–Crippen MR) is 189 cm³/mol. The summed E-state index contributed by atoms with van der Waals surface area (Å²) in [4.78, 5) is 30.7. The number of aryl methyl sites for hydroxylation is 1. The van der Waals surface area contributed by atoms with Crippen molar-refractivity contribution in [3.05, 3.63) is 103 Å². The quantitative estimate of drug-likeness (QED) is 0.122. The number of anilines is 3. The molecule has 10 nitrogen and oxygen atoms in total. The summed E-state index contributed by atoms with van der Waals surface area (Å²) in [6.07, 6.45) is 5.16. The molecular weight excluding hydrogens is 623 g/mol. The minimum atomic E-state index is -2.35. The molecule has 1 fully saturated rings. The Kier molecular flexibility index (Phi) is 9.37. The maximum absolute atomic E-state index is 14.8. The van der Waals surface area contributed by atoms with Gasteiger partial charge < -0.3 is 19.5 Å². The van der Waals surface area contributed by atoms with Gasteiger partial charge in [0.2, 0.25) is 6.41 Å². The molecule has 0 unspecified atom stereocenters. The summed E-state index contributed by atoms with van der Waals surface area (Å²) in [6, 6.07) is 23.5. The lowest BCUT2D eigenvalue weighted by molar-refractivity contribution is -0.145. The Morgan fingerprint density at radius 3 is 2.52 bits per heavy atom. The van der Waals surface area contributed by atoms with Crippen molar-refractivity contribution in [2.75, 3.05) is 30.1 Å². The van der Waals surface area contributed by atoms with Crippen molar-refractivity contribution in [1.82, 2.24) is 15.0 Å². The number of carbonyl (C=O) groups is 2. The second kappa shape index (κ2) is 13.5. The molecule has 3 heterocycles. The molecule has 3 aromatic carbocycles. The number of para-hydroxylation sites is 1. The number of rotatable bonds is 13. The van der Waals surface area contributed by atoms with Gasteiger partial charge in [0, 0.05) is 55.2 Å². The highest BCUT2D eigenvalue weighted by atomic mass is 28.3. The Balaban J connectivity index is 1.46. The molecule has 250 valence electrons. The van der Waals surface area contributed by atoms with Crippen molar-refractivity contribution in [3.8, 4) is 5.75 Å². The van der Waals surface area contributed by atoms with E-state index in [0.29, 0.717) is 31.6 Å². The van der Waals surface area contributed by atoms with Crippen LogP contribution in [0.25, 0.3) is 0 Å². The number of methoxy groups -OCH3 is 1. The van der Waals surface area contributed by atoms with Crippen LogP contribution in [0.2, 0.25) is 18.6 Å². The first-order valence-corrected chi connectivity index (χ1v) is 19.5. The van der Waals surface area contributed by atoms with Crippen molar-refractivity contribution in [1.29, 1.82) is 0 Å². The maximum Gasteiger partial charge on any atom is 0.264 e. The normalized spacial score (nSPS) is 21.8. The smallest absolute Gasteiger partial charge is 0.264 e. The van der Waals surface area contributed by atoms with Crippen molar-refractivity contribution < 1.29 is 24.2 Å². The van der Waals surface area contributed by atoms with Crippen LogP contribution in [0.1, 0.15) is 24.6 Å². The summed E-state index contributed by atoms with van der Waals surface area (Å²) >= 11 is 0. The second-order valence-corrected chi connectivity index (χ2v) is 17.8. The van der Waals surface area contributed by atoms with Crippen LogP contribution in [0, 0.1) is 5.92 Å². The number of hydrogen-bond acceptors (Lipinski definition) is 7. The molecule has 1 saturated heterocycles. The standard InChI is InChI=1S/C37H43N5O5Si/c1-6-20-41-33-17-12-29(42(25-44)28-10-8-7-9-11-28)23-32(33)37(36(41)45)26(2)35(48(4,5)31-15-13-30(46-3)14-16-31)34(47-37)18-21-40-24-27(19-22-43)38-39-40/h6-17,23-26,34-35,43H,1,18-22H2,2-5H3/t26-,34+,35-,37+/m0/s1. The van der Waals surface area contributed by atoms with Crippen molar-refractivity contribution in [2.24, 2.45) is 5.92 Å². The van der Waals surface area contributed by atoms with E-state index in [-0.39, 0.29) is 30.1 Å². The van der Waals surface area contributed by atoms with Crippen LogP contribution in [0.15, 0.2) is 91.6 Å². The van der Waals surface area contributed by atoms with Crippen LogP contribution in [0.4, 0.5) is 17.1 Å². The Hall–Kier alpha value is -4.58. The predicted octanol–water partition coefficient (Wildman–Crippen LogP) is 4.95. The van der Waals surface area contributed by atoms with E-state index in [4.69, 9.17) is 9.47 Å². The Bertz CT molecular complexity index is 1780. The topological polar surface area (TPSA) is 110 Å². The Morgan fingerprint density at radius 2 is 1.85 bits per heavy atom. The van der Waals surface area contributed by atoms with Crippen LogP contribution in [-0.2, 0) is 32.9 Å². The van der Waals surface area contributed by atoms with E-state index in [1.54, 1.807) is 27.7 Å². The number of carbonyl (C=O) groups excluding carboxylic acids is 2. The van der Waals surface area contributed by atoms with Gasteiger partial charge in [0.15, 0.2) is 5.60 Å².